The van der Waals surface area contributed by atoms with Gasteiger partial charge in [0.15, 0.2) is 5.78 Å². The molecule has 0 bridgehead atoms. The van der Waals surface area contributed by atoms with Gasteiger partial charge >= 0.3 is 0 Å². The number of nitrogens with zero attached hydrogens (tertiary/aromatic N) is 2. The standard InChI is InChI=1S/C15H11ClN2O/c1-2-3-13(14-10-17-8-9-18-14)15(19)11-4-6-12(16)7-5-11/h1,4-10,13H,3H2. The lowest BCUT2D eigenvalue weighted by Crippen LogP contribution is -2.14. The normalized spacial score (nSPS) is 11.6. The molecule has 1 atom stereocenters. The van der Waals surface area contributed by atoms with Crippen molar-refractivity contribution in [2.24, 2.45) is 0 Å². The van der Waals surface area contributed by atoms with E-state index in [4.69, 9.17) is 18.0 Å². The van der Waals surface area contributed by atoms with Crippen molar-refractivity contribution in [1.82, 2.24) is 9.97 Å². The van der Waals surface area contributed by atoms with Crippen LogP contribution in [0.5, 0.6) is 0 Å². The van der Waals surface area contributed by atoms with Crippen LogP contribution in [0.25, 0.3) is 0 Å². The monoisotopic (exact) mass is 270 g/mol. The molecule has 0 saturated carbocycles. The van der Waals surface area contributed by atoms with Gasteiger partial charge in [0.1, 0.15) is 0 Å². The summed E-state index contributed by atoms with van der Waals surface area (Å²) in [6.45, 7) is 0. The first-order valence-corrected chi connectivity index (χ1v) is 6.09. The van der Waals surface area contributed by atoms with Crippen LogP contribution in [0.3, 0.4) is 0 Å². The zero-order valence-electron chi connectivity index (χ0n) is 10.1. The molecule has 0 N–H and O–H groups in total. The van der Waals surface area contributed by atoms with Gasteiger partial charge in [-0.05, 0) is 24.3 Å². The average molecular weight is 271 g/mol. The topological polar surface area (TPSA) is 42.9 Å². The van der Waals surface area contributed by atoms with Crippen molar-refractivity contribution in [3.05, 3.63) is 59.1 Å². The molecule has 94 valence electrons. The van der Waals surface area contributed by atoms with E-state index in [-0.39, 0.29) is 5.78 Å². The highest BCUT2D eigenvalue weighted by atomic mass is 35.5. The molecule has 2 rings (SSSR count). The molecular formula is C15H11ClN2O. The second kappa shape index (κ2) is 6.12. The fourth-order valence-electron chi connectivity index (χ4n) is 1.76. The van der Waals surface area contributed by atoms with Crippen molar-refractivity contribution in [2.45, 2.75) is 12.3 Å². The van der Waals surface area contributed by atoms with E-state index in [0.717, 1.165) is 0 Å². The molecule has 19 heavy (non-hydrogen) atoms. The van der Waals surface area contributed by atoms with E-state index in [2.05, 4.69) is 15.9 Å². The van der Waals surface area contributed by atoms with Gasteiger partial charge < -0.3 is 0 Å². The van der Waals surface area contributed by atoms with Gasteiger partial charge in [0, 0.05) is 35.6 Å². The summed E-state index contributed by atoms with van der Waals surface area (Å²) in [6.07, 6.45) is 10.3. The minimum absolute atomic E-state index is 0.0740. The van der Waals surface area contributed by atoms with Crippen molar-refractivity contribution < 1.29 is 4.79 Å². The van der Waals surface area contributed by atoms with Gasteiger partial charge in [0.25, 0.3) is 0 Å². The maximum atomic E-state index is 12.4. The number of hydrogen-bond donors (Lipinski definition) is 0. The van der Waals surface area contributed by atoms with Gasteiger partial charge in [-0.25, -0.2) is 0 Å². The number of aromatic nitrogens is 2. The predicted molar refractivity (Wildman–Crippen MR) is 74.0 cm³/mol. The number of carbonyl (C=O) groups excluding carboxylic acids is 1. The number of benzene rings is 1. The Balaban J connectivity index is 2.32. The smallest absolute Gasteiger partial charge is 0.172 e. The van der Waals surface area contributed by atoms with Crippen molar-refractivity contribution in [2.75, 3.05) is 0 Å². The predicted octanol–water partition coefficient (Wildman–Crippen LogP) is 3.12. The van der Waals surface area contributed by atoms with E-state index < -0.39 is 5.92 Å². The summed E-state index contributed by atoms with van der Waals surface area (Å²) in [6, 6.07) is 6.73. The van der Waals surface area contributed by atoms with Crippen LogP contribution in [0.15, 0.2) is 42.9 Å². The molecule has 0 fully saturated rings. The first-order valence-electron chi connectivity index (χ1n) is 5.71. The maximum absolute atomic E-state index is 12.4. The molecule has 0 aliphatic rings. The minimum atomic E-state index is -0.472. The van der Waals surface area contributed by atoms with E-state index in [1.54, 1.807) is 42.9 Å². The molecule has 3 nitrogen and oxygen atoms in total. The Kier molecular flexibility index (Phi) is 4.27. The average Bonchev–Trinajstić information content (AvgIpc) is 2.46. The summed E-state index contributed by atoms with van der Waals surface area (Å²) in [5.74, 6) is 1.97. The fraction of sp³-hybridized carbons (Fsp3) is 0.133. The third kappa shape index (κ3) is 3.18. The summed E-state index contributed by atoms with van der Waals surface area (Å²) in [4.78, 5) is 20.6. The lowest BCUT2D eigenvalue weighted by atomic mass is 9.92. The lowest BCUT2D eigenvalue weighted by Gasteiger charge is -2.12. The summed E-state index contributed by atoms with van der Waals surface area (Å²) < 4.78 is 0. The van der Waals surface area contributed by atoms with Gasteiger partial charge in [-0.1, -0.05) is 11.6 Å². The van der Waals surface area contributed by atoms with Gasteiger partial charge in [0.05, 0.1) is 11.6 Å². The Hall–Kier alpha value is -2.18. The van der Waals surface area contributed by atoms with Gasteiger partial charge in [0.2, 0.25) is 0 Å². The third-order valence-electron chi connectivity index (χ3n) is 2.71. The van der Waals surface area contributed by atoms with Crippen LogP contribution < -0.4 is 0 Å². The van der Waals surface area contributed by atoms with Crippen molar-refractivity contribution >= 4 is 17.4 Å². The molecule has 0 amide bonds. The molecule has 1 heterocycles. The second-order valence-electron chi connectivity index (χ2n) is 3.96. The van der Waals surface area contributed by atoms with E-state index >= 15 is 0 Å². The zero-order chi connectivity index (χ0) is 13.7. The van der Waals surface area contributed by atoms with Crippen molar-refractivity contribution in [1.29, 1.82) is 0 Å². The second-order valence-corrected chi connectivity index (χ2v) is 4.40. The van der Waals surface area contributed by atoms with Crippen LogP contribution in [-0.4, -0.2) is 15.8 Å². The number of hydrogen-bond acceptors (Lipinski definition) is 3. The number of rotatable bonds is 4. The molecule has 2 aromatic rings. The maximum Gasteiger partial charge on any atom is 0.172 e. The van der Waals surface area contributed by atoms with Gasteiger partial charge in [-0.15, -0.1) is 12.3 Å². The molecule has 0 aliphatic heterocycles. The number of ketones is 1. The van der Waals surface area contributed by atoms with E-state index in [1.807, 2.05) is 0 Å². The van der Waals surface area contributed by atoms with Gasteiger partial charge in [-0.3, -0.25) is 14.8 Å². The van der Waals surface area contributed by atoms with E-state index in [0.29, 0.717) is 22.7 Å². The molecule has 0 aliphatic carbocycles. The first kappa shape index (κ1) is 13.3. The van der Waals surface area contributed by atoms with Crippen LogP contribution in [-0.2, 0) is 0 Å². The van der Waals surface area contributed by atoms with Crippen LogP contribution in [0.1, 0.15) is 28.4 Å². The number of halogens is 1. The minimum Gasteiger partial charge on any atom is -0.293 e. The molecule has 0 saturated heterocycles. The molecule has 4 heteroatoms. The molecule has 1 aromatic heterocycles. The summed E-state index contributed by atoms with van der Waals surface area (Å²) in [7, 11) is 0. The van der Waals surface area contributed by atoms with E-state index in [9.17, 15) is 4.79 Å². The summed E-state index contributed by atoms with van der Waals surface area (Å²) in [5, 5.41) is 0.588. The fourth-order valence-corrected chi connectivity index (χ4v) is 1.88. The van der Waals surface area contributed by atoms with Crippen LogP contribution in [0.4, 0.5) is 0 Å². The van der Waals surface area contributed by atoms with Gasteiger partial charge in [-0.2, -0.15) is 0 Å². The number of terminal acetylenes is 1. The SMILES string of the molecule is C#CCC(C(=O)c1ccc(Cl)cc1)c1cnccn1. The Labute approximate surface area is 116 Å². The highest BCUT2D eigenvalue weighted by Gasteiger charge is 2.22. The van der Waals surface area contributed by atoms with Crippen molar-refractivity contribution in [3.63, 3.8) is 0 Å². The molecule has 1 unspecified atom stereocenters. The Morgan fingerprint density at radius 3 is 2.63 bits per heavy atom. The Bertz CT molecular complexity index is 602. The Morgan fingerprint density at radius 2 is 2.05 bits per heavy atom. The lowest BCUT2D eigenvalue weighted by molar-refractivity contribution is 0.0959. The molecule has 0 spiro atoms. The molecule has 0 radical (unpaired) electrons. The molecule has 1 aromatic carbocycles. The summed E-state index contributed by atoms with van der Waals surface area (Å²) >= 11 is 5.81. The highest BCUT2D eigenvalue weighted by Crippen LogP contribution is 2.22. The molecular weight excluding hydrogens is 260 g/mol. The zero-order valence-corrected chi connectivity index (χ0v) is 10.8. The Morgan fingerprint density at radius 1 is 1.32 bits per heavy atom. The number of carbonyl (C=O) groups is 1. The quantitative estimate of drug-likeness (QED) is 0.633. The first-order chi connectivity index (χ1) is 9.22. The third-order valence-corrected chi connectivity index (χ3v) is 2.96. The summed E-state index contributed by atoms with van der Waals surface area (Å²) in [5.41, 5.74) is 1.15. The van der Waals surface area contributed by atoms with Crippen LogP contribution in [0.2, 0.25) is 5.02 Å². The largest absolute Gasteiger partial charge is 0.293 e. The van der Waals surface area contributed by atoms with Crippen LogP contribution in [0, 0.1) is 12.3 Å². The van der Waals surface area contributed by atoms with Crippen molar-refractivity contribution in [3.8, 4) is 12.3 Å². The number of Topliss-reactive ketones (excluding diaryl/α,β-unsaturated/α-hetero) is 1. The van der Waals surface area contributed by atoms with Crippen LogP contribution >= 0.6 is 11.6 Å². The van der Waals surface area contributed by atoms with E-state index in [1.165, 1.54) is 0 Å². The highest BCUT2D eigenvalue weighted by molar-refractivity contribution is 6.30.